The van der Waals surface area contributed by atoms with Crippen LogP contribution in [0.4, 0.5) is 0 Å². The smallest absolute Gasteiger partial charge is 0.226 e. The van der Waals surface area contributed by atoms with Crippen LogP contribution < -0.4 is 0 Å². The molecule has 0 unspecified atom stereocenters. The highest BCUT2D eigenvalue weighted by Crippen LogP contribution is 2.48. The highest BCUT2D eigenvalue weighted by Gasteiger charge is 2.46. The third-order valence-corrected chi connectivity index (χ3v) is 4.52. The first-order valence-corrected chi connectivity index (χ1v) is 7.49. The molecule has 1 aromatic rings. The zero-order valence-corrected chi connectivity index (χ0v) is 11.9. The van der Waals surface area contributed by atoms with Gasteiger partial charge < -0.3 is 4.90 Å². The van der Waals surface area contributed by atoms with E-state index in [0.717, 1.165) is 19.5 Å². The van der Waals surface area contributed by atoms with E-state index in [0.29, 0.717) is 23.7 Å². The molecule has 0 radical (unpaired) electrons. The first-order chi connectivity index (χ1) is 9.15. The number of piperidine rings is 1. The van der Waals surface area contributed by atoms with Crippen molar-refractivity contribution in [3.05, 3.63) is 35.9 Å². The second-order valence-corrected chi connectivity index (χ2v) is 6.55. The average Bonchev–Trinajstić information content (AvgIpc) is 3.18. The van der Waals surface area contributed by atoms with Crippen molar-refractivity contribution in [1.29, 1.82) is 0 Å². The summed E-state index contributed by atoms with van der Waals surface area (Å²) < 4.78 is 0. The molecule has 2 heteroatoms. The van der Waals surface area contributed by atoms with Crippen molar-refractivity contribution in [2.75, 3.05) is 13.1 Å². The van der Waals surface area contributed by atoms with E-state index in [-0.39, 0.29) is 5.92 Å². The van der Waals surface area contributed by atoms with E-state index in [1.165, 1.54) is 12.0 Å². The maximum Gasteiger partial charge on any atom is 0.226 e. The summed E-state index contributed by atoms with van der Waals surface area (Å²) in [5, 5.41) is 0. The van der Waals surface area contributed by atoms with Crippen LogP contribution in [0.2, 0.25) is 0 Å². The highest BCUT2D eigenvalue weighted by molar-refractivity contribution is 5.83. The maximum absolute atomic E-state index is 12.6. The minimum Gasteiger partial charge on any atom is -0.342 e. The van der Waals surface area contributed by atoms with E-state index in [2.05, 4.69) is 43.0 Å². The number of hydrogen-bond donors (Lipinski definition) is 0. The van der Waals surface area contributed by atoms with Crippen LogP contribution in [0, 0.1) is 17.8 Å². The summed E-state index contributed by atoms with van der Waals surface area (Å²) in [6, 6.07) is 10.5. The minimum absolute atomic E-state index is 0.250. The van der Waals surface area contributed by atoms with Crippen LogP contribution in [0.1, 0.15) is 38.2 Å². The van der Waals surface area contributed by atoms with Crippen molar-refractivity contribution in [2.24, 2.45) is 17.8 Å². The molecule has 3 rings (SSSR count). The Morgan fingerprint density at radius 1 is 1.05 bits per heavy atom. The molecule has 0 N–H and O–H groups in total. The van der Waals surface area contributed by atoms with Crippen LogP contribution in [0.15, 0.2) is 30.3 Å². The lowest BCUT2D eigenvalue weighted by atomic mass is 9.91. The molecule has 2 fully saturated rings. The molecule has 1 saturated carbocycles. The van der Waals surface area contributed by atoms with E-state index in [1.54, 1.807) is 0 Å². The maximum atomic E-state index is 12.6. The number of rotatable bonds is 2. The largest absolute Gasteiger partial charge is 0.342 e. The van der Waals surface area contributed by atoms with Crippen molar-refractivity contribution < 1.29 is 4.79 Å². The Balaban J connectivity index is 1.63. The first kappa shape index (κ1) is 12.7. The average molecular weight is 257 g/mol. The van der Waals surface area contributed by atoms with Gasteiger partial charge in [-0.3, -0.25) is 4.79 Å². The zero-order valence-electron chi connectivity index (χ0n) is 11.9. The number of benzene rings is 1. The van der Waals surface area contributed by atoms with Gasteiger partial charge in [-0.05, 0) is 36.2 Å². The molecular weight excluding hydrogens is 234 g/mol. The van der Waals surface area contributed by atoms with Crippen LogP contribution in [0.25, 0.3) is 0 Å². The van der Waals surface area contributed by atoms with Gasteiger partial charge in [-0.2, -0.15) is 0 Å². The standard InChI is InChI=1S/C17H23NO/c1-12-8-13(2)11-18(10-12)17(19)16-9-15(16)14-6-4-3-5-7-14/h3-7,12-13,15-16H,8-11H2,1-2H3/t12-,13+,15-,16+/m1/s1. The van der Waals surface area contributed by atoms with E-state index >= 15 is 0 Å². The molecule has 102 valence electrons. The summed E-state index contributed by atoms with van der Waals surface area (Å²) in [5.74, 6) is 2.43. The van der Waals surface area contributed by atoms with Crippen LogP contribution >= 0.6 is 0 Å². The quantitative estimate of drug-likeness (QED) is 0.796. The highest BCUT2D eigenvalue weighted by atomic mass is 16.2. The molecule has 0 bridgehead atoms. The van der Waals surface area contributed by atoms with Crippen LogP contribution in [0.5, 0.6) is 0 Å². The molecule has 2 nitrogen and oxygen atoms in total. The van der Waals surface area contributed by atoms with Gasteiger partial charge in [0.05, 0.1) is 0 Å². The number of hydrogen-bond acceptors (Lipinski definition) is 1. The lowest BCUT2D eigenvalue weighted by molar-refractivity contribution is -0.135. The van der Waals surface area contributed by atoms with E-state index in [4.69, 9.17) is 0 Å². The van der Waals surface area contributed by atoms with Crippen molar-refractivity contribution >= 4 is 5.91 Å². The SMILES string of the molecule is C[C@@H]1C[C@H](C)CN(C(=O)[C@H]2C[C@@H]2c2ccccc2)C1. The van der Waals surface area contributed by atoms with Gasteiger partial charge in [-0.15, -0.1) is 0 Å². The second-order valence-electron chi connectivity index (χ2n) is 6.55. The van der Waals surface area contributed by atoms with Gasteiger partial charge in [0, 0.05) is 19.0 Å². The summed E-state index contributed by atoms with van der Waals surface area (Å²) in [6.07, 6.45) is 2.30. The monoisotopic (exact) mass is 257 g/mol. The third kappa shape index (κ3) is 2.68. The minimum atomic E-state index is 0.250. The Morgan fingerprint density at radius 2 is 1.68 bits per heavy atom. The molecule has 1 heterocycles. The molecule has 4 atom stereocenters. The van der Waals surface area contributed by atoms with Gasteiger partial charge in [0.1, 0.15) is 0 Å². The molecular formula is C17H23NO. The molecule has 19 heavy (non-hydrogen) atoms. The molecule has 1 saturated heterocycles. The van der Waals surface area contributed by atoms with E-state index < -0.39 is 0 Å². The van der Waals surface area contributed by atoms with Crippen LogP contribution in [0.3, 0.4) is 0 Å². The van der Waals surface area contributed by atoms with Gasteiger partial charge in [0.25, 0.3) is 0 Å². The Bertz CT molecular complexity index is 446. The Hall–Kier alpha value is -1.31. The fourth-order valence-corrected chi connectivity index (χ4v) is 3.61. The fourth-order valence-electron chi connectivity index (χ4n) is 3.61. The lowest BCUT2D eigenvalue weighted by Crippen LogP contribution is -2.43. The second kappa shape index (κ2) is 4.99. The van der Waals surface area contributed by atoms with E-state index in [1.807, 2.05) is 6.07 Å². The van der Waals surface area contributed by atoms with Gasteiger partial charge >= 0.3 is 0 Å². The van der Waals surface area contributed by atoms with Gasteiger partial charge in [0.15, 0.2) is 0 Å². The first-order valence-electron chi connectivity index (χ1n) is 7.49. The zero-order chi connectivity index (χ0) is 13.4. The summed E-state index contributed by atoms with van der Waals surface area (Å²) >= 11 is 0. The van der Waals surface area contributed by atoms with Gasteiger partial charge in [-0.25, -0.2) is 0 Å². The fraction of sp³-hybridized carbons (Fsp3) is 0.588. The number of carbonyl (C=O) groups is 1. The number of carbonyl (C=O) groups excluding carboxylic acids is 1. The summed E-state index contributed by atoms with van der Waals surface area (Å²) in [7, 11) is 0. The Labute approximate surface area is 115 Å². The van der Waals surface area contributed by atoms with Gasteiger partial charge in [0.2, 0.25) is 5.91 Å². The Kier molecular flexibility index (Phi) is 3.34. The molecule has 0 spiro atoms. The van der Waals surface area contributed by atoms with Crippen molar-refractivity contribution in [1.82, 2.24) is 4.90 Å². The predicted molar refractivity (Wildman–Crippen MR) is 76.8 cm³/mol. The van der Waals surface area contributed by atoms with Crippen LogP contribution in [-0.4, -0.2) is 23.9 Å². The predicted octanol–water partition coefficient (Wildman–Crippen LogP) is 3.29. The van der Waals surface area contributed by atoms with Gasteiger partial charge in [-0.1, -0.05) is 44.2 Å². The van der Waals surface area contributed by atoms with E-state index in [9.17, 15) is 4.79 Å². The molecule has 0 aromatic heterocycles. The number of nitrogens with zero attached hydrogens (tertiary/aromatic N) is 1. The molecule has 1 aliphatic heterocycles. The van der Waals surface area contributed by atoms with Crippen LogP contribution in [-0.2, 0) is 4.79 Å². The summed E-state index contributed by atoms with van der Waals surface area (Å²) in [5.41, 5.74) is 1.33. The lowest BCUT2D eigenvalue weighted by Gasteiger charge is -2.35. The number of likely N-dealkylation sites (tertiary alicyclic amines) is 1. The normalized spacial score (nSPS) is 34.1. The Morgan fingerprint density at radius 3 is 2.32 bits per heavy atom. The van der Waals surface area contributed by atoms with Crippen molar-refractivity contribution in [3.63, 3.8) is 0 Å². The summed E-state index contributed by atoms with van der Waals surface area (Å²) in [6.45, 7) is 6.44. The molecule has 1 amide bonds. The van der Waals surface area contributed by atoms with Crippen molar-refractivity contribution in [3.8, 4) is 0 Å². The number of amides is 1. The van der Waals surface area contributed by atoms with Crippen molar-refractivity contribution in [2.45, 2.75) is 32.6 Å². The molecule has 1 aromatic carbocycles. The summed E-state index contributed by atoms with van der Waals surface area (Å²) in [4.78, 5) is 14.7. The molecule has 2 aliphatic rings. The topological polar surface area (TPSA) is 20.3 Å². The third-order valence-electron chi connectivity index (χ3n) is 4.52. The molecule has 1 aliphatic carbocycles.